The summed E-state index contributed by atoms with van der Waals surface area (Å²) in [6.45, 7) is 4.95. The van der Waals surface area contributed by atoms with Crippen molar-refractivity contribution < 1.29 is 22.6 Å². The topological polar surface area (TPSA) is 114 Å². The van der Waals surface area contributed by atoms with E-state index in [9.17, 15) is 23.3 Å². The second kappa shape index (κ2) is 7.27. The van der Waals surface area contributed by atoms with Gasteiger partial charge in [-0.05, 0) is 32.0 Å². The molecular formula is C18H21N3O6S. The van der Waals surface area contributed by atoms with E-state index in [-0.39, 0.29) is 16.5 Å². The van der Waals surface area contributed by atoms with Crippen LogP contribution in [0.15, 0.2) is 33.6 Å². The van der Waals surface area contributed by atoms with Gasteiger partial charge in [-0.3, -0.25) is 14.9 Å². The Hall–Kier alpha value is -2.88. The Morgan fingerprint density at radius 2 is 1.82 bits per heavy atom. The summed E-state index contributed by atoms with van der Waals surface area (Å²) in [4.78, 5) is 26.7. The standard InChI is InChI=1S/C18H21N3O6S/c1-12-11-14(13(2)27-12)18(22)20-9-7-19(8-10-20)15-5-4-6-16(28(3,25)26)17(15)21(23)24/h4-6,11H,7-10H2,1-3H3. The van der Waals surface area contributed by atoms with Crippen LogP contribution in [0, 0.1) is 24.0 Å². The number of nitro benzene ring substituents is 1. The van der Waals surface area contributed by atoms with Gasteiger partial charge in [0.15, 0.2) is 9.84 Å². The van der Waals surface area contributed by atoms with Gasteiger partial charge in [-0.25, -0.2) is 8.42 Å². The van der Waals surface area contributed by atoms with E-state index in [4.69, 9.17) is 4.42 Å². The lowest BCUT2D eigenvalue weighted by Crippen LogP contribution is -2.49. The van der Waals surface area contributed by atoms with Crippen molar-refractivity contribution in [2.45, 2.75) is 18.7 Å². The third-order valence-corrected chi connectivity index (χ3v) is 5.87. The maximum Gasteiger partial charge on any atom is 0.311 e. The van der Waals surface area contributed by atoms with Crippen LogP contribution in [0.4, 0.5) is 11.4 Å². The quantitative estimate of drug-likeness (QED) is 0.563. The zero-order valence-corrected chi connectivity index (χ0v) is 16.7. The number of piperazine rings is 1. The molecule has 1 aliphatic heterocycles. The lowest BCUT2D eigenvalue weighted by atomic mass is 10.1. The molecule has 2 aromatic rings. The third-order valence-electron chi connectivity index (χ3n) is 4.74. The molecule has 1 saturated heterocycles. The minimum absolute atomic E-state index is 0.145. The summed E-state index contributed by atoms with van der Waals surface area (Å²) in [6.07, 6.45) is 0.949. The van der Waals surface area contributed by atoms with E-state index >= 15 is 0 Å². The first-order valence-corrected chi connectivity index (χ1v) is 10.6. The van der Waals surface area contributed by atoms with Gasteiger partial charge in [-0.1, -0.05) is 6.07 Å². The van der Waals surface area contributed by atoms with Crippen molar-refractivity contribution in [3.8, 4) is 0 Å². The SMILES string of the molecule is Cc1cc(C(=O)N2CCN(c3cccc(S(C)(=O)=O)c3[N+](=O)[O-])CC2)c(C)o1. The Balaban J connectivity index is 1.83. The van der Waals surface area contributed by atoms with Crippen molar-refractivity contribution in [3.05, 3.63) is 51.5 Å². The highest BCUT2D eigenvalue weighted by molar-refractivity contribution is 7.90. The smallest absolute Gasteiger partial charge is 0.311 e. The van der Waals surface area contributed by atoms with Gasteiger partial charge in [0.25, 0.3) is 5.91 Å². The maximum absolute atomic E-state index is 12.7. The number of amides is 1. The van der Waals surface area contributed by atoms with Gasteiger partial charge in [-0.2, -0.15) is 0 Å². The summed E-state index contributed by atoms with van der Waals surface area (Å²) < 4.78 is 29.3. The lowest BCUT2D eigenvalue weighted by molar-refractivity contribution is -0.387. The van der Waals surface area contributed by atoms with Crippen LogP contribution in [0.3, 0.4) is 0 Å². The Bertz CT molecular complexity index is 1040. The Kier molecular flexibility index (Phi) is 5.16. The molecule has 9 nitrogen and oxygen atoms in total. The number of hydrogen-bond acceptors (Lipinski definition) is 7. The fraction of sp³-hybridized carbons (Fsp3) is 0.389. The zero-order valence-electron chi connectivity index (χ0n) is 15.8. The molecule has 150 valence electrons. The number of carbonyl (C=O) groups is 1. The van der Waals surface area contributed by atoms with Gasteiger partial charge in [0.05, 0.1) is 10.5 Å². The number of furan rings is 1. The molecule has 0 N–H and O–H groups in total. The number of anilines is 1. The lowest BCUT2D eigenvalue weighted by Gasteiger charge is -2.35. The van der Waals surface area contributed by atoms with Crippen LogP contribution in [0.25, 0.3) is 0 Å². The first-order valence-electron chi connectivity index (χ1n) is 8.68. The van der Waals surface area contributed by atoms with E-state index in [0.29, 0.717) is 43.3 Å². The number of nitrogens with zero attached hydrogens (tertiary/aromatic N) is 3. The van der Waals surface area contributed by atoms with Gasteiger partial charge >= 0.3 is 5.69 Å². The fourth-order valence-electron chi connectivity index (χ4n) is 3.41. The molecule has 28 heavy (non-hydrogen) atoms. The number of benzene rings is 1. The normalized spacial score (nSPS) is 15.0. The van der Waals surface area contributed by atoms with E-state index in [1.165, 1.54) is 18.2 Å². The summed E-state index contributed by atoms with van der Waals surface area (Å²) in [7, 11) is -3.75. The number of carbonyl (C=O) groups excluding carboxylic acids is 1. The molecule has 0 saturated carbocycles. The number of sulfone groups is 1. The van der Waals surface area contributed by atoms with Crippen molar-refractivity contribution >= 4 is 27.1 Å². The van der Waals surface area contributed by atoms with Crippen LogP contribution in [0.5, 0.6) is 0 Å². The highest BCUT2D eigenvalue weighted by Crippen LogP contribution is 2.35. The summed E-state index contributed by atoms with van der Waals surface area (Å²) >= 11 is 0. The Morgan fingerprint density at radius 3 is 2.32 bits per heavy atom. The molecule has 10 heteroatoms. The first kappa shape index (κ1) is 19.9. The molecule has 0 aliphatic carbocycles. The monoisotopic (exact) mass is 407 g/mol. The minimum atomic E-state index is -3.75. The molecule has 1 aromatic heterocycles. The van der Waals surface area contributed by atoms with E-state index < -0.39 is 20.4 Å². The predicted molar refractivity (Wildman–Crippen MR) is 103 cm³/mol. The summed E-state index contributed by atoms with van der Waals surface area (Å²) in [5.41, 5.74) is 0.331. The molecule has 3 rings (SSSR count). The van der Waals surface area contributed by atoms with E-state index in [2.05, 4.69) is 0 Å². The summed E-state index contributed by atoms with van der Waals surface area (Å²) in [6, 6.07) is 5.97. The molecule has 1 aromatic carbocycles. The van der Waals surface area contributed by atoms with Crippen LogP contribution in [-0.2, 0) is 9.84 Å². The molecule has 0 unspecified atom stereocenters. The van der Waals surface area contributed by atoms with Gasteiger partial charge < -0.3 is 14.2 Å². The van der Waals surface area contributed by atoms with Crippen molar-refractivity contribution in [1.29, 1.82) is 0 Å². The Morgan fingerprint density at radius 1 is 1.18 bits per heavy atom. The predicted octanol–water partition coefficient (Wildman–Crippen LogP) is 2.17. The van der Waals surface area contributed by atoms with Crippen molar-refractivity contribution in [3.63, 3.8) is 0 Å². The van der Waals surface area contributed by atoms with Gasteiger partial charge in [0.2, 0.25) is 0 Å². The van der Waals surface area contributed by atoms with Crippen LogP contribution in [0.2, 0.25) is 0 Å². The molecule has 1 aliphatic rings. The molecular weight excluding hydrogens is 386 g/mol. The average molecular weight is 407 g/mol. The number of aryl methyl sites for hydroxylation is 2. The van der Waals surface area contributed by atoms with Gasteiger partial charge in [-0.15, -0.1) is 0 Å². The number of rotatable bonds is 4. The first-order chi connectivity index (χ1) is 13.1. The highest BCUT2D eigenvalue weighted by Gasteiger charge is 2.31. The number of hydrogen-bond donors (Lipinski definition) is 0. The highest BCUT2D eigenvalue weighted by atomic mass is 32.2. The van der Waals surface area contributed by atoms with Crippen LogP contribution >= 0.6 is 0 Å². The van der Waals surface area contributed by atoms with Crippen molar-refractivity contribution in [1.82, 2.24) is 4.90 Å². The third kappa shape index (κ3) is 3.72. The number of para-hydroxylation sites is 1. The largest absolute Gasteiger partial charge is 0.466 e. The van der Waals surface area contributed by atoms with Crippen LogP contribution in [0.1, 0.15) is 21.9 Å². The van der Waals surface area contributed by atoms with Gasteiger partial charge in [0.1, 0.15) is 22.1 Å². The molecule has 1 amide bonds. The average Bonchev–Trinajstić information content (AvgIpc) is 2.98. The fourth-order valence-corrected chi connectivity index (χ4v) is 4.27. The van der Waals surface area contributed by atoms with Crippen molar-refractivity contribution in [2.24, 2.45) is 0 Å². The Labute approximate surface area is 162 Å². The van der Waals surface area contributed by atoms with E-state index in [1.807, 2.05) is 0 Å². The van der Waals surface area contributed by atoms with E-state index in [1.54, 1.807) is 29.7 Å². The molecule has 0 bridgehead atoms. The molecule has 1 fully saturated rings. The molecule has 0 radical (unpaired) electrons. The maximum atomic E-state index is 12.7. The van der Waals surface area contributed by atoms with E-state index in [0.717, 1.165) is 6.26 Å². The summed E-state index contributed by atoms with van der Waals surface area (Å²) in [5.74, 6) is 1.07. The van der Waals surface area contributed by atoms with Crippen LogP contribution in [-0.4, -0.2) is 56.6 Å². The second-order valence-corrected chi connectivity index (χ2v) is 8.74. The minimum Gasteiger partial charge on any atom is -0.466 e. The molecule has 0 atom stereocenters. The summed E-state index contributed by atoms with van der Waals surface area (Å²) in [5, 5.41) is 11.6. The number of nitro groups is 1. The van der Waals surface area contributed by atoms with Crippen LogP contribution < -0.4 is 4.90 Å². The second-order valence-electron chi connectivity index (χ2n) is 6.76. The molecule has 0 spiro atoms. The van der Waals surface area contributed by atoms with Gasteiger partial charge in [0, 0.05) is 32.4 Å². The molecule has 2 heterocycles. The van der Waals surface area contributed by atoms with Crippen molar-refractivity contribution in [2.75, 3.05) is 37.3 Å². The zero-order chi connectivity index (χ0) is 20.6.